The van der Waals surface area contributed by atoms with Crippen molar-refractivity contribution in [1.29, 1.82) is 0 Å². The molecule has 0 aliphatic heterocycles. The van der Waals surface area contributed by atoms with E-state index in [4.69, 9.17) is 5.73 Å². The molecule has 1 rings (SSSR count). The monoisotopic (exact) mass is 283 g/mol. The molecule has 0 fully saturated rings. The normalized spacial score (nSPS) is 11.5. The summed E-state index contributed by atoms with van der Waals surface area (Å²) in [4.78, 5) is 23.0. The number of halogens is 1. The third kappa shape index (κ3) is 4.63. The summed E-state index contributed by atoms with van der Waals surface area (Å²) < 4.78 is 13.5. The molecule has 102 valence electrons. The molecule has 7 heteroatoms. The molecular formula is C12H14FN3O2S. The fourth-order valence-electron chi connectivity index (χ4n) is 1.41. The van der Waals surface area contributed by atoms with Crippen molar-refractivity contribution in [3.05, 3.63) is 35.6 Å². The fraction of sp³-hybridized carbons (Fsp3) is 0.250. The average Bonchev–Trinajstić information content (AvgIpc) is 2.36. The van der Waals surface area contributed by atoms with E-state index in [1.54, 1.807) is 19.1 Å². The summed E-state index contributed by atoms with van der Waals surface area (Å²) in [6.07, 6.45) is 0. The number of carbonyl (C=O) groups excluding carboxylic acids is 2. The summed E-state index contributed by atoms with van der Waals surface area (Å²) in [5, 5.41) is 4.63. The van der Waals surface area contributed by atoms with E-state index in [-0.39, 0.29) is 11.5 Å². The van der Waals surface area contributed by atoms with Gasteiger partial charge in [0.25, 0.3) is 0 Å². The molecule has 0 aliphatic rings. The summed E-state index contributed by atoms with van der Waals surface area (Å²) in [6.45, 7) is 1.52. The van der Waals surface area contributed by atoms with Crippen LogP contribution in [0.1, 0.15) is 18.5 Å². The molecule has 4 N–H and O–H groups in total. The van der Waals surface area contributed by atoms with Crippen molar-refractivity contribution in [2.75, 3.05) is 6.54 Å². The minimum atomic E-state index is -0.869. The lowest BCUT2D eigenvalue weighted by Gasteiger charge is -2.14. The molecule has 5 nitrogen and oxygen atoms in total. The standard InChI is InChI=1S/C12H14FN3O2S/c1-7(8-4-2-3-5-9(8)13)16-12(18)11(17)15-6-10(14)19/h2-5,7H,6H2,1H3,(H2,14,19)(H,15,17)(H,16,18). The van der Waals surface area contributed by atoms with Crippen LogP contribution in [0.2, 0.25) is 0 Å². The zero-order valence-electron chi connectivity index (χ0n) is 10.3. The quantitative estimate of drug-likeness (QED) is 0.552. The largest absolute Gasteiger partial charge is 0.392 e. The number of hydrogen-bond acceptors (Lipinski definition) is 3. The van der Waals surface area contributed by atoms with Crippen molar-refractivity contribution in [1.82, 2.24) is 10.6 Å². The Morgan fingerprint density at radius 3 is 2.58 bits per heavy atom. The number of rotatable bonds is 4. The fourth-order valence-corrected chi connectivity index (χ4v) is 1.49. The van der Waals surface area contributed by atoms with Gasteiger partial charge in [-0.3, -0.25) is 9.59 Å². The van der Waals surface area contributed by atoms with Crippen molar-refractivity contribution in [2.45, 2.75) is 13.0 Å². The lowest BCUT2D eigenvalue weighted by atomic mass is 10.1. The van der Waals surface area contributed by atoms with Gasteiger partial charge >= 0.3 is 11.8 Å². The molecule has 0 aromatic heterocycles. The summed E-state index contributed by atoms with van der Waals surface area (Å²) in [7, 11) is 0. The molecule has 2 amide bonds. The third-order valence-corrected chi connectivity index (χ3v) is 2.49. The van der Waals surface area contributed by atoms with Gasteiger partial charge in [-0.25, -0.2) is 4.39 Å². The second-order valence-corrected chi connectivity index (χ2v) is 4.39. The van der Waals surface area contributed by atoms with Crippen LogP contribution in [0.25, 0.3) is 0 Å². The Morgan fingerprint density at radius 1 is 1.37 bits per heavy atom. The zero-order valence-corrected chi connectivity index (χ0v) is 11.1. The lowest BCUT2D eigenvalue weighted by molar-refractivity contribution is -0.139. The smallest absolute Gasteiger partial charge is 0.309 e. The molecule has 1 atom stereocenters. The number of hydrogen-bond donors (Lipinski definition) is 3. The molecule has 1 aromatic rings. The van der Waals surface area contributed by atoms with Crippen LogP contribution in [0.4, 0.5) is 4.39 Å². The summed E-state index contributed by atoms with van der Waals surface area (Å²) >= 11 is 4.56. The second kappa shape index (κ2) is 6.79. The molecular weight excluding hydrogens is 269 g/mol. The average molecular weight is 283 g/mol. The maximum absolute atomic E-state index is 13.5. The van der Waals surface area contributed by atoms with Crippen molar-refractivity contribution in [2.24, 2.45) is 5.73 Å². The van der Waals surface area contributed by atoms with Crippen molar-refractivity contribution in [3.8, 4) is 0 Å². The van der Waals surface area contributed by atoms with E-state index >= 15 is 0 Å². The Morgan fingerprint density at radius 2 is 2.00 bits per heavy atom. The maximum atomic E-state index is 13.5. The molecule has 0 aliphatic carbocycles. The van der Waals surface area contributed by atoms with Crippen LogP contribution >= 0.6 is 12.2 Å². The molecule has 0 heterocycles. The van der Waals surface area contributed by atoms with Gasteiger partial charge in [0.1, 0.15) is 5.82 Å². The minimum Gasteiger partial charge on any atom is -0.392 e. The summed E-state index contributed by atoms with van der Waals surface area (Å²) in [6, 6.07) is 5.39. The van der Waals surface area contributed by atoms with Crippen molar-refractivity contribution >= 4 is 29.0 Å². The van der Waals surface area contributed by atoms with Crippen LogP contribution in [-0.4, -0.2) is 23.3 Å². The van der Waals surface area contributed by atoms with Gasteiger partial charge in [0.15, 0.2) is 0 Å². The zero-order chi connectivity index (χ0) is 14.4. The molecule has 19 heavy (non-hydrogen) atoms. The highest BCUT2D eigenvalue weighted by molar-refractivity contribution is 7.80. The number of nitrogens with one attached hydrogen (secondary N) is 2. The number of carbonyl (C=O) groups is 2. The van der Waals surface area contributed by atoms with Crippen LogP contribution in [0.15, 0.2) is 24.3 Å². The molecule has 0 bridgehead atoms. The van der Waals surface area contributed by atoms with E-state index in [0.717, 1.165) is 0 Å². The SMILES string of the molecule is CC(NC(=O)C(=O)NCC(N)=S)c1ccccc1F. The molecule has 1 aromatic carbocycles. The first-order chi connectivity index (χ1) is 8.91. The first-order valence-electron chi connectivity index (χ1n) is 5.53. The van der Waals surface area contributed by atoms with Gasteiger partial charge in [-0.15, -0.1) is 0 Å². The van der Waals surface area contributed by atoms with Crippen LogP contribution in [-0.2, 0) is 9.59 Å². The van der Waals surface area contributed by atoms with Crippen LogP contribution in [0, 0.1) is 5.82 Å². The predicted octanol–water partition coefficient (Wildman–Crippen LogP) is 0.405. The number of amides is 2. The first-order valence-corrected chi connectivity index (χ1v) is 5.94. The van der Waals surface area contributed by atoms with Gasteiger partial charge in [0.2, 0.25) is 0 Å². The lowest BCUT2D eigenvalue weighted by Crippen LogP contribution is -2.43. The topological polar surface area (TPSA) is 84.2 Å². The van der Waals surface area contributed by atoms with E-state index in [2.05, 4.69) is 22.9 Å². The van der Waals surface area contributed by atoms with Crippen LogP contribution in [0.3, 0.4) is 0 Å². The highest BCUT2D eigenvalue weighted by atomic mass is 32.1. The Hall–Kier alpha value is -2.02. The predicted molar refractivity (Wildman–Crippen MR) is 72.8 cm³/mol. The Kier molecular flexibility index (Phi) is 5.37. The van der Waals surface area contributed by atoms with Gasteiger partial charge in [0, 0.05) is 5.56 Å². The van der Waals surface area contributed by atoms with Crippen LogP contribution in [0.5, 0.6) is 0 Å². The summed E-state index contributed by atoms with van der Waals surface area (Å²) in [5.41, 5.74) is 5.49. The Balaban J connectivity index is 2.59. The molecule has 0 saturated carbocycles. The van der Waals surface area contributed by atoms with Crippen molar-refractivity contribution in [3.63, 3.8) is 0 Å². The van der Waals surface area contributed by atoms with Gasteiger partial charge in [-0.05, 0) is 13.0 Å². The molecule has 0 radical (unpaired) electrons. The summed E-state index contributed by atoms with van der Waals surface area (Å²) in [5.74, 6) is -2.18. The highest BCUT2D eigenvalue weighted by Crippen LogP contribution is 2.15. The minimum absolute atomic E-state index is 0.0599. The maximum Gasteiger partial charge on any atom is 0.309 e. The van der Waals surface area contributed by atoms with E-state index in [1.807, 2.05) is 0 Å². The molecule has 1 unspecified atom stereocenters. The van der Waals surface area contributed by atoms with Gasteiger partial charge in [-0.2, -0.15) is 0 Å². The van der Waals surface area contributed by atoms with Gasteiger partial charge in [0.05, 0.1) is 17.6 Å². The van der Waals surface area contributed by atoms with E-state index in [0.29, 0.717) is 5.56 Å². The van der Waals surface area contributed by atoms with Gasteiger partial charge in [-0.1, -0.05) is 30.4 Å². The van der Waals surface area contributed by atoms with E-state index in [1.165, 1.54) is 12.1 Å². The second-order valence-electron chi connectivity index (χ2n) is 3.87. The number of benzene rings is 1. The van der Waals surface area contributed by atoms with E-state index in [9.17, 15) is 14.0 Å². The molecule has 0 spiro atoms. The molecule has 0 saturated heterocycles. The Labute approximate surface area is 115 Å². The van der Waals surface area contributed by atoms with E-state index < -0.39 is 23.7 Å². The third-order valence-electron chi connectivity index (χ3n) is 2.35. The number of thiocarbonyl (C=S) groups is 1. The van der Waals surface area contributed by atoms with Crippen LogP contribution < -0.4 is 16.4 Å². The number of nitrogens with two attached hydrogens (primary N) is 1. The Bertz CT molecular complexity index is 508. The van der Waals surface area contributed by atoms with Gasteiger partial charge < -0.3 is 16.4 Å². The first kappa shape index (κ1) is 15.0. The van der Waals surface area contributed by atoms with Crippen molar-refractivity contribution < 1.29 is 14.0 Å². The highest BCUT2D eigenvalue weighted by Gasteiger charge is 2.18.